The van der Waals surface area contributed by atoms with Crippen molar-refractivity contribution in [1.29, 1.82) is 0 Å². The van der Waals surface area contributed by atoms with Gasteiger partial charge in [-0.3, -0.25) is 4.79 Å². The van der Waals surface area contributed by atoms with E-state index in [-0.39, 0.29) is 16.0 Å². The molecule has 0 bridgehead atoms. The molecule has 0 radical (unpaired) electrons. The average molecular weight is 334 g/mol. The first kappa shape index (κ1) is 15.3. The third kappa shape index (κ3) is 3.90. The van der Waals surface area contributed by atoms with Gasteiger partial charge in [-0.15, -0.1) is 0 Å². The smallest absolute Gasteiger partial charge is 0.241 e. The molecule has 1 rings (SSSR count). The van der Waals surface area contributed by atoms with E-state index < -0.39 is 16.1 Å². The van der Waals surface area contributed by atoms with Crippen molar-refractivity contribution in [1.82, 2.24) is 4.72 Å². The molecule has 0 spiro atoms. The lowest BCUT2D eigenvalue weighted by molar-refractivity contribution is -0.118. The van der Waals surface area contributed by atoms with Crippen molar-refractivity contribution in [3.05, 3.63) is 29.8 Å². The molecule has 0 aliphatic rings. The summed E-state index contributed by atoms with van der Waals surface area (Å²) in [6.45, 7) is 3.65. The molecule has 0 fully saturated rings. The van der Waals surface area contributed by atoms with Crippen molar-refractivity contribution >= 4 is 31.7 Å². The van der Waals surface area contributed by atoms with Crippen molar-refractivity contribution in [2.45, 2.75) is 31.2 Å². The van der Waals surface area contributed by atoms with Crippen LogP contribution in [0, 0.1) is 6.92 Å². The number of carbonyl (C=O) groups excluding carboxylic acids is 1. The predicted octanol–water partition coefficient (Wildman–Crippen LogP) is 2.02. The van der Waals surface area contributed by atoms with E-state index in [1.165, 1.54) is 12.1 Å². The van der Waals surface area contributed by atoms with E-state index >= 15 is 0 Å². The van der Waals surface area contributed by atoms with Gasteiger partial charge in [0.05, 0.1) is 16.3 Å². The summed E-state index contributed by atoms with van der Waals surface area (Å²) in [5, 5.41) is 0.141. The Morgan fingerprint density at radius 1 is 1.33 bits per heavy atom. The number of benzene rings is 1. The number of halogens is 1. The molecule has 0 aliphatic heterocycles. The Labute approximate surface area is 116 Å². The molecular formula is C12H16BrNO3S. The molecule has 0 heterocycles. The van der Waals surface area contributed by atoms with Gasteiger partial charge in [0.2, 0.25) is 10.0 Å². The Hall–Kier alpha value is -0.720. The van der Waals surface area contributed by atoms with Gasteiger partial charge in [0.25, 0.3) is 0 Å². The number of hydrogen-bond donors (Lipinski definition) is 1. The number of ketones is 1. The van der Waals surface area contributed by atoms with Gasteiger partial charge in [-0.05, 0) is 25.5 Å². The highest BCUT2D eigenvalue weighted by molar-refractivity contribution is 9.09. The third-order valence-electron chi connectivity index (χ3n) is 2.56. The fourth-order valence-corrected chi connectivity index (χ4v) is 3.14. The Balaban J connectivity index is 2.94. The van der Waals surface area contributed by atoms with E-state index in [9.17, 15) is 13.2 Å². The minimum atomic E-state index is -3.64. The molecule has 0 amide bonds. The standard InChI is InChI=1S/C12H16BrNO3S/c1-3-11(12(15)8-13)14-18(16,17)10-6-4-9(2)5-7-10/h4-7,11,14H,3,8H2,1-2H3. The number of sulfonamides is 1. The highest BCUT2D eigenvalue weighted by atomic mass is 79.9. The van der Waals surface area contributed by atoms with Crippen LogP contribution in [0.1, 0.15) is 18.9 Å². The number of hydrogen-bond acceptors (Lipinski definition) is 3. The molecule has 1 unspecified atom stereocenters. The number of Topliss-reactive ketones (excluding diaryl/α,β-unsaturated/α-hetero) is 1. The number of nitrogens with one attached hydrogen (secondary N) is 1. The van der Waals surface area contributed by atoms with E-state index in [4.69, 9.17) is 0 Å². The lowest BCUT2D eigenvalue weighted by Gasteiger charge is -2.15. The number of alkyl halides is 1. The Morgan fingerprint density at radius 2 is 1.89 bits per heavy atom. The Bertz CT molecular complexity index is 511. The lowest BCUT2D eigenvalue weighted by Crippen LogP contribution is -2.40. The highest BCUT2D eigenvalue weighted by Crippen LogP contribution is 2.11. The van der Waals surface area contributed by atoms with Gasteiger partial charge in [0.15, 0.2) is 5.78 Å². The summed E-state index contributed by atoms with van der Waals surface area (Å²) in [7, 11) is -3.64. The van der Waals surface area contributed by atoms with Gasteiger partial charge in [0, 0.05) is 0 Å². The molecular weight excluding hydrogens is 318 g/mol. The average Bonchev–Trinajstić information content (AvgIpc) is 2.35. The fourth-order valence-electron chi connectivity index (χ4n) is 1.44. The largest absolute Gasteiger partial charge is 0.297 e. The minimum Gasteiger partial charge on any atom is -0.297 e. The van der Waals surface area contributed by atoms with E-state index in [0.29, 0.717) is 6.42 Å². The molecule has 0 aliphatic carbocycles. The Kier molecular flexibility index (Phi) is 5.49. The second-order valence-electron chi connectivity index (χ2n) is 4.00. The van der Waals surface area contributed by atoms with Crippen LogP contribution in [0.5, 0.6) is 0 Å². The van der Waals surface area contributed by atoms with Gasteiger partial charge >= 0.3 is 0 Å². The topological polar surface area (TPSA) is 63.2 Å². The van der Waals surface area contributed by atoms with E-state index in [1.54, 1.807) is 19.1 Å². The predicted molar refractivity (Wildman–Crippen MR) is 74.4 cm³/mol. The second kappa shape index (κ2) is 6.45. The van der Waals surface area contributed by atoms with Crippen LogP contribution in [0.2, 0.25) is 0 Å². The fraction of sp³-hybridized carbons (Fsp3) is 0.417. The van der Waals surface area contributed by atoms with Crippen LogP contribution in [-0.4, -0.2) is 25.6 Å². The first-order valence-electron chi connectivity index (χ1n) is 5.58. The van der Waals surface area contributed by atoms with Crippen molar-refractivity contribution in [2.24, 2.45) is 0 Å². The molecule has 0 aromatic heterocycles. The van der Waals surface area contributed by atoms with Crippen molar-refractivity contribution in [2.75, 3.05) is 5.33 Å². The summed E-state index contributed by atoms with van der Waals surface area (Å²) in [5.74, 6) is -0.173. The van der Waals surface area contributed by atoms with Crippen LogP contribution < -0.4 is 4.72 Å². The molecule has 18 heavy (non-hydrogen) atoms. The Morgan fingerprint density at radius 3 is 2.33 bits per heavy atom. The summed E-state index contributed by atoms with van der Waals surface area (Å²) in [4.78, 5) is 11.7. The van der Waals surface area contributed by atoms with E-state index in [2.05, 4.69) is 20.7 Å². The van der Waals surface area contributed by atoms with Crippen LogP contribution in [0.4, 0.5) is 0 Å². The molecule has 4 nitrogen and oxygen atoms in total. The van der Waals surface area contributed by atoms with Crippen molar-refractivity contribution in [3.63, 3.8) is 0 Å². The van der Waals surface area contributed by atoms with Crippen molar-refractivity contribution in [3.8, 4) is 0 Å². The normalized spacial score (nSPS) is 13.3. The monoisotopic (exact) mass is 333 g/mol. The first-order valence-corrected chi connectivity index (χ1v) is 8.19. The molecule has 1 N–H and O–H groups in total. The summed E-state index contributed by atoms with van der Waals surface area (Å²) in [6, 6.07) is 5.83. The quantitative estimate of drug-likeness (QED) is 0.810. The summed E-state index contributed by atoms with van der Waals surface area (Å²) in [6.07, 6.45) is 0.426. The maximum absolute atomic E-state index is 12.1. The number of rotatable bonds is 6. The SMILES string of the molecule is CCC(NS(=O)(=O)c1ccc(C)cc1)C(=O)CBr. The van der Waals surface area contributed by atoms with E-state index in [1.807, 2.05) is 6.92 Å². The van der Waals surface area contributed by atoms with Crippen LogP contribution in [0.3, 0.4) is 0 Å². The molecule has 6 heteroatoms. The van der Waals surface area contributed by atoms with E-state index in [0.717, 1.165) is 5.56 Å². The zero-order valence-corrected chi connectivity index (χ0v) is 12.7. The molecule has 0 saturated heterocycles. The van der Waals surface area contributed by atoms with Gasteiger partial charge < -0.3 is 0 Å². The number of aryl methyl sites for hydroxylation is 1. The maximum Gasteiger partial charge on any atom is 0.241 e. The molecule has 0 saturated carbocycles. The van der Waals surface area contributed by atoms with Gasteiger partial charge in [-0.1, -0.05) is 40.5 Å². The highest BCUT2D eigenvalue weighted by Gasteiger charge is 2.23. The lowest BCUT2D eigenvalue weighted by atomic mass is 10.2. The van der Waals surface area contributed by atoms with Crippen molar-refractivity contribution < 1.29 is 13.2 Å². The van der Waals surface area contributed by atoms with Gasteiger partial charge in [-0.25, -0.2) is 13.1 Å². The van der Waals surface area contributed by atoms with Crippen LogP contribution in [0.25, 0.3) is 0 Å². The zero-order valence-electron chi connectivity index (χ0n) is 10.3. The van der Waals surface area contributed by atoms with Crippen LogP contribution in [0.15, 0.2) is 29.2 Å². The maximum atomic E-state index is 12.1. The third-order valence-corrected chi connectivity index (χ3v) is 4.60. The van der Waals surface area contributed by atoms with Gasteiger partial charge in [0.1, 0.15) is 0 Å². The summed E-state index contributed by atoms with van der Waals surface area (Å²) < 4.78 is 26.5. The zero-order chi connectivity index (χ0) is 13.8. The van der Waals surface area contributed by atoms with Gasteiger partial charge in [-0.2, -0.15) is 0 Å². The summed E-state index contributed by atoms with van der Waals surface area (Å²) in [5.41, 5.74) is 0.984. The summed E-state index contributed by atoms with van der Waals surface area (Å²) >= 11 is 3.05. The minimum absolute atomic E-state index is 0.141. The number of carbonyl (C=O) groups is 1. The molecule has 100 valence electrons. The molecule has 1 aromatic carbocycles. The molecule has 1 aromatic rings. The van der Waals surface area contributed by atoms with Crippen LogP contribution >= 0.6 is 15.9 Å². The van der Waals surface area contributed by atoms with Crippen LogP contribution in [-0.2, 0) is 14.8 Å². The molecule has 1 atom stereocenters. The first-order chi connectivity index (χ1) is 8.40. The second-order valence-corrected chi connectivity index (χ2v) is 6.27.